The summed E-state index contributed by atoms with van der Waals surface area (Å²) < 4.78 is 37.5. The Morgan fingerprint density at radius 3 is 2.38 bits per heavy atom. The van der Waals surface area contributed by atoms with Crippen molar-refractivity contribution in [1.29, 1.82) is 0 Å². The Labute approximate surface area is 102 Å². The molecule has 1 aromatic rings. The zero-order valence-electron chi connectivity index (χ0n) is 8.14. The molecule has 0 spiro atoms. The molecule has 1 aliphatic rings. The summed E-state index contributed by atoms with van der Waals surface area (Å²) in [4.78, 5) is 0. The highest BCUT2D eigenvalue weighted by molar-refractivity contribution is 6.32. The van der Waals surface area contributed by atoms with E-state index in [2.05, 4.69) is 5.32 Å². The van der Waals surface area contributed by atoms with Crippen molar-refractivity contribution < 1.29 is 13.2 Å². The fourth-order valence-electron chi connectivity index (χ4n) is 1.59. The summed E-state index contributed by atoms with van der Waals surface area (Å²) >= 11 is 5.74. The van der Waals surface area contributed by atoms with Crippen molar-refractivity contribution in [2.24, 2.45) is 0 Å². The van der Waals surface area contributed by atoms with Crippen LogP contribution in [0.15, 0.2) is 18.2 Å². The standard InChI is InChI=1S/C10H9ClF3N.ClH/c11-9-6(8-4-5-15-8)2-1-3-7(9)10(12,13)14;/h1-3,8,15H,4-5H2;1H/t8-;/m1./s1. The number of rotatable bonds is 1. The monoisotopic (exact) mass is 271 g/mol. The first-order chi connectivity index (χ1) is 7.00. The summed E-state index contributed by atoms with van der Waals surface area (Å²) in [5, 5.41) is 2.85. The average Bonchev–Trinajstić information content (AvgIpc) is 2.03. The maximum absolute atomic E-state index is 12.5. The number of alkyl halides is 3. The van der Waals surface area contributed by atoms with Gasteiger partial charge in [0, 0.05) is 6.04 Å². The molecule has 0 unspecified atom stereocenters. The molecule has 16 heavy (non-hydrogen) atoms. The van der Waals surface area contributed by atoms with Gasteiger partial charge in [-0.2, -0.15) is 13.2 Å². The van der Waals surface area contributed by atoms with Crippen LogP contribution in [0.5, 0.6) is 0 Å². The summed E-state index contributed by atoms with van der Waals surface area (Å²) in [6, 6.07) is 4.00. The van der Waals surface area contributed by atoms with Crippen molar-refractivity contribution in [2.75, 3.05) is 6.54 Å². The van der Waals surface area contributed by atoms with Gasteiger partial charge in [0.15, 0.2) is 0 Å². The lowest BCUT2D eigenvalue weighted by Crippen LogP contribution is -2.35. The van der Waals surface area contributed by atoms with E-state index in [0.29, 0.717) is 5.56 Å². The molecular formula is C10H10Cl2F3N. The molecule has 1 fully saturated rings. The van der Waals surface area contributed by atoms with Crippen molar-refractivity contribution in [3.8, 4) is 0 Å². The van der Waals surface area contributed by atoms with Gasteiger partial charge in [0.25, 0.3) is 0 Å². The van der Waals surface area contributed by atoms with Gasteiger partial charge >= 0.3 is 6.18 Å². The van der Waals surface area contributed by atoms with Gasteiger partial charge in [-0.1, -0.05) is 23.7 Å². The fraction of sp³-hybridized carbons (Fsp3) is 0.400. The number of nitrogens with one attached hydrogen (secondary N) is 1. The van der Waals surface area contributed by atoms with E-state index in [1.165, 1.54) is 6.07 Å². The molecule has 1 N–H and O–H groups in total. The van der Waals surface area contributed by atoms with Crippen molar-refractivity contribution in [1.82, 2.24) is 5.32 Å². The topological polar surface area (TPSA) is 12.0 Å². The van der Waals surface area contributed by atoms with Crippen molar-refractivity contribution >= 4 is 24.0 Å². The summed E-state index contributed by atoms with van der Waals surface area (Å²) in [5.41, 5.74) is -0.215. The lowest BCUT2D eigenvalue weighted by atomic mass is 9.96. The van der Waals surface area contributed by atoms with Gasteiger partial charge in [-0.05, 0) is 24.6 Å². The molecule has 1 heterocycles. The number of halogens is 5. The van der Waals surface area contributed by atoms with E-state index in [0.717, 1.165) is 19.0 Å². The number of hydrogen-bond acceptors (Lipinski definition) is 1. The third kappa shape index (κ3) is 2.44. The summed E-state index contributed by atoms with van der Waals surface area (Å²) in [6.45, 7) is 0.831. The normalized spacial score (nSPS) is 19.9. The largest absolute Gasteiger partial charge is 0.417 e. The third-order valence-electron chi connectivity index (χ3n) is 2.53. The van der Waals surface area contributed by atoms with Crippen LogP contribution in [0.3, 0.4) is 0 Å². The van der Waals surface area contributed by atoms with Crippen LogP contribution in [-0.4, -0.2) is 6.54 Å². The molecule has 0 amide bonds. The Kier molecular flexibility index (Phi) is 4.10. The smallest absolute Gasteiger partial charge is 0.310 e. The lowest BCUT2D eigenvalue weighted by molar-refractivity contribution is -0.137. The van der Waals surface area contributed by atoms with Crippen LogP contribution in [0.1, 0.15) is 23.6 Å². The Morgan fingerprint density at radius 1 is 1.31 bits per heavy atom. The first kappa shape index (κ1) is 13.6. The minimum absolute atomic E-state index is 0. The predicted octanol–water partition coefficient (Wildman–Crippen LogP) is 3.82. The van der Waals surface area contributed by atoms with E-state index in [1.807, 2.05) is 0 Å². The molecule has 2 rings (SSSR count). The zero-order valence-corrected chi connectivity index (χ0v) is 9.72. The zero-order chi connectivity index (χ0) is 11.1. The van der Waals surface area contributed by atoms with Crippen molar-refractivity contribution in [3.05, 3.63) is 34.3 Å². The molecule has 1 aliphatic heterocycles. The predicted molar refractivity (Wildman–Crippen MR) is 59.1 cm³/mol. The van der Waals surface area contributed by atoms with E-state index in [9.17, 15) is 13.2 Å². The summed E-state index contributed by atoms with van der Waals surface area (Å²) in [6.07, 6.45) is -3.54. The van der Waals surface area contributed by atoms with Gasteiger partial charge in [0.05, 0.1) is 10.6 Å². The molecule has 0 bridgehead atoms. The molecule has 0 radical (unpaired) electrons. The number of benzene rings is 1. The highest BCUT2D eigenvalue weighted by atomic mass is 35.5. The lowest BCUT2D eigenvalue weighted by Gasteiger charge is -2.29. The summed E-state index contributed by atoms with van der Waals surface area (Å²) in [7, 11) is 0. The van der Waals surface area contributed by atoms with E-state index >= 15 is 0 Å². The Bertz CT molecular complexity index is 375. The summed E-state index contributed by atoms with van der Waals surface area (Å²) in [5.74, 6) is 0. The van der Waals surface area contributed by atoms with Crippen LogP contribution < -0.4 is 5.32 Å². The van der Waals surface area contributed by atoms with Gasteiger partial charge in [-0.25, -0.2) is 0 Å². The first-order valence-electron chi connectivity index (χ1n) is 4.59. The first-order valence-corrected chi connectivity index (χ1v) is 4.97. The van der Waals surface area contributed by atoms with E-state index in [-0.39, 0.29) is 23.5 Å². The molecule has 6 heteroatoms. The van der Waals surface area contributed by atoms with E-state index in [4.69, 9.17) is 11.6 Å². The second kappa shape index (κ2) is 4.82. The second-order valence-corrected chi connectivity index (χ2v) is 3.88. The maximum Gasteiger partial charge on any atom is 0.417 e. The molecular weight excluding hydrogens is 262 g/mol. The molecule has 0 aromatic heterocycles. The van der Waals surface area contributed by atoms with E-state index < -0.39 is 11.7 Å². The van der Waals surface area contributed by atoms with Gasteiger partial charge in [0.1, 0.15) is 0 Å². The van der Waals surface area contributed by atoms with Crippen molar-refractivity contribution in [2.45, 2.75) is 18.6 Å². The minimum Gasteiger partial charge on any atom is -0.310 e. The SMILES string of the molecule is Cl.FC(F)(F)c1cccc([C@H]2CCN2)c1Cl. The van der Waals surface area contributed by atoms with Crippen LogP contribution >= 0.6 is 24.0 Å². The molecule has 1 atom stereocenters. The minimum atomic E-state index is -4.38. The highest BCUT2D eigenvalue weighted by Crippen LogP contribution is 2.39. The Hall–Kier alpha value is -0.450. The van der Waals surface area contributed by atoms with Gasteiger partial charge < -0.3 is 5.32 Å². The van der Waals surface area contributed by atoms with Crippen molar-refractivity contribution in [3.63, 3.8) is 0 Å². The Morgan fingerprint density at radius 2 is 1.94 bits per heavy atom. The third-order valence-corrected chi connectivity index (χ3v) is 2.95. The number of hydrogen-bond donors (Lipinski definition) is 1. The van der Waals surface area contributed by atoms with Gasteiger partial charge in [0.2, 0.25) is 0 Å². The molecule has 0 saturated carbocycles. The van der Waals surface area contributed by atoms with Crippen LogP contribution in [0, 0.1) is 0 Å². The van der Waals surface area contributed by atoms with Gasteiger partial charge in [-0.15, -0.1) is 12.4 Å². The van der Waals surface area contributed by atoms with Gasteiger partial charge in [-0.3, -0.25) is 0 Å². The molecule has 1 saturated heterocycles. The molecule has 90 valence electrons. The molecule has 0 aliphatic carbocycles. The molecule has 1 nitrogen and oxygen atoms in total. The van der Waals surface area contributed by atoms with Crippen LogP contribution in [0.4, 0.5) is 13.2 Å². The average molecular weight is 272 g/mol. The quantitative estimate of drug-likeness (QED) is 0.819. The molecule has 1 aromatic carbocycles. The van der Waals surface area contributed by atoms with E-state index in [1.54, 1.807) is 6.07 Å². The maximum atomic E-state index is 12.5. The fourth-order valence-corrected chi connectivity index (χ4v) is 1.96. The Balaban J connectivity index is 0.00000128. The highest BCUT2D eigenvalue weighted by Gasteiger charge is 2.35. The second-order valence-electron chi connectivity index (χ2n) is 3.50. The van der Waals surface area contributed by atoms with Crippen LogP contribution in [0.25, 0.3) is 0 Å². The van der Waals surface area contributed by atoms with Crippen LogP contribution in [-0.2, 0) is 6.18 Å². The van der Waals surface area contributed by atoms with Crippen LogP contribution in [0.2, 0.25) is 5.02 Å².